The van der Waals surface area contributed by atoms with E-state index in [0.29, 0.717) is 0 Å². The number of hydrogen-bond donors (Lipinski definition) is 0. The molecule has 0 aliphatic carbocycles. The van der Waals surface area contributed by atoms with Gasteiger partial charge in [-0.2, -0.15) is 5.10 Å². The molecule has 0 amide bonds. The van der Waals surface area contributed by atoms with E-state index < -0.39 is 0 Å². The number of rotatable bonds is 4. The highest BCUT2D eigenvalue weighted by Gasteiger charge is 2.06. The van der Waals surface area contributed by atoms with E-state index in [1.807, 2.05) is 43.8 Å². The summed E-state index contributed by atoms with van der Waals surface area (Å²) in [5.74, 6) is 0.721. The van der Waals surface area contributed by atoms with Gasteiger partial charge in [0.05, 0.1) is 6.20 Å². The number of nitrogens with zero attached hydrogens (tertiary/aromatic N) is 5. The monoisotopic (exact) mass is 295 g/mol. The summed E-state index contributed by atoms with van der Waals surface area (Å²) in [6.45, 7) is 0.751. The minimum atomic E-state index is 0.721. The van der Waals surface area contributed by atoms with E-state index in [2.05, 4.69) is 31.0 Å². The van der Waals surface area contributed by atoms with Gasteiger partial charge in [0, 0.05) is 50.1 Å². The third kappa shape index (κ3) is 3.03. The van der Waals surface area contributed by atoms with Crippen LogP contribution in [0.15, 0.2) is 24.8 Å². The molecule has 0 aliphatic rings. The summed E-state index contributed by atoms with van der Waals surface area (Å²) >= 11 is 3.37. The number of anilines is 1. The van der Waals surface area contributed by atoms with Crippen LogP contribution in [0.4, 0.5) is 5.95 Å². The van der Waals surface area contributed by atoms with Crippen LogP contribution in [0.3, 0.4) is 0 Å². The van der Waals surface area contributed by atoms with Crippen LogP contribution in [0.2, 0.25) is 0 Å². The largest absolute Gasteiger partial charge is 0.339 e. The summed E-state index contributed by atoms with van der Waals surface area (Å²) in [4.78, 5) is 10.6. The molecule has 0 fully saturated rings. The lowest BCUT2D eigenvalue weighted by atomic mass is 10.3. The zero-order valence-electron chi connectivity index (χ0n) is 9.84. The lowest BCUT2D eigenvalue weighted by Crippen LogP contribution is -2.18. The molecule has 0 saturated heterocycles. The fraction of sp³-hybridized carbons (Fsp3) is 0.364. The van der Waals surface area contributed by atoms with E-state index >= 15 is 0 Å². The van der Waals surface area contributed by atoms with Crippen molar-refractivity contribution in [2.24, 2.45) is 7.05 Å². The molecule has 6 heteroatoms. The van der Waals surface area contributed by atoms with Crippen LogP contribution in [0.5, 0.6) is 0 Å². The van der Waals surface area contributed by atoms with E-state index in [1.54, 1.807) is 4.68 Å². The van der Waals surface area contributed by atoms with Crippen molar-refractivity contribution < 1.29 is 0 Å². The normalized spacial score (nSPS) is 10.5. The first kappa shape index (κ1) is 12.0. The van der Waals surface area contributed by atoms with Gasteiger partial charge in [-0.25, -0.2) is 9.97 Å². The molecule has 2 aromatic heterocycles. The van der Waals surface area contributed by atoms with Gasteiger partial charge in [0.25, 0.3) is 0 Å². The van der Waals surface area contributed by atoms with Crippen molar-refractivity contribution >= 4 is 21.9 Å². The first-order chi connectivity index (χ1) is 8.19. The second-order valence-electron chi connectivity index (χ2n) is 3.90. The highest BCUT2D eigenvalue weighted by molar-refractivity contribution is 9.08. The molecule has 0 N–H and O–H groups in total. The molecule has 0 unspecified atom stereocenters. The summed E-state index contributed by atoms with van der Waals surface area (Å²) < 4.78 is 1.79. The summed E-state index contributed by atoms with van der Waals surface area (Å²) in [7, 11) is 3.88. The van der Waals surface area contributed by atoms with Crippen molar-refractivity contribution in [2.45, 2.75) is 11.9 Å². The van der Waals surface area contributed by atoms with Gasteiger partial charge in [0.2, 0.25) is 5.95 Å². The maximum atomic E-state index is 4.31. The lowest BCUT2D eigenvalue weighted by molar-refractivity contribution is 0.766. The molecule has 0 aromatic carbocycles. The van der Waals surface area contributed by atoms with Crippen molar-refractivity contribution in [3.8, 4) is 0 Å². The van der Waals surface area contributed by atoms with E-state index in [4.69, 9.17) is 0 Å². The molecular formula is C11H14BrN5. The first-order valence-corrected chi connectivity index (χ1v) is 6.36. The molecule has 0 radical (unpaired) electrons. The van der Waals surface area contributed by atoms with Crippen LogP contribution >= 0.6 is 15.9 Å². The maximum absolute atomic E-state index is 4.31. The van der Waals surface area contributed by atoms with Gasteiger partial charge in [-0.05, 0) is 5.56 Å². The summed E-state index contributed by atoms with van der Waals surface area (Å²) in [5, 5.41) is 4.91. The molecule has 2 aromatic rings. The predicted octanol–water partition coefficient (Wildman–Crippen LogP) is 1.74. The van der Waals surface area contributed by atoms with Gasteiger partial charge in [0.15, 0.2) is 0 Å². The van der Waals surface area contributed by atoms with Crippen molar-refractivity contribution in [1.29, 1.82) is 0 Å². The smallest absolute Gasteiger partial charge is 0.225 e. The molecule has 0 aliphatic heterocycles. The van der Waals surface area contributed by atoms with E-state index in [-0.39, 0.29) is 0 Å². The Bertz CT molecular complexity index is 479. The Morgan fingerprint density at radius 3 is 2.47 bits per heavy atom. The van der Waals surface area contributed by atoms with Gasteiger partial charge in [-0.3, -0.25) is 4.68 Å². The van der Waals surface area contributed by atoms with Gasteiger partial charge >= 0.3 is 0 Å². The molecular weight excluding hydrogens is 282 g/mol. The third-order valence-corrected chi connectivity index (χ3v) is 3.01. The molecule has 0 atom stereocenters. The Balaban J connectivity index is 2.06. The third-order valence-electron chi connectivity index (χ3n) is 2.37. The molecule has 5 nitrogen and oxygen atoms in total. The Labute approximate surface area is 109 Å². The van der Waals surface area contributed by atoms with Crippen molar-refractivity contribution in [2.75, 3.05) is 11.9 Å². The number of halogens is 1. The number of aromatic nitrogens is 4. The van der Waals surface area contributed by atoms with Gasteiger partial charge in [0.1, 0.15) is 0 Å². The minimum absolute atomic E-state index is 0.721. The van der Waals surface area contributed by atoms with Gasteiger partial charge in [-0.15, -0.1) is 0 Å². The Kier molecular flexibility index (Phi) is 3.73. The standard InChI is InChI=1S/C11H14BrN5/c1-16(7-10-6-15-17(2)8-10)11-13-4-9(3-12)5-14-11/h4-6,8H,3,7H2,1-2H3. The Morgan fingerprint density at radius 1 is 1.24 bits per heavy atom. The van der Waals surface area contributed by atoms with Crippen LogP contribution in [0.1, 0.15) is 11.1 Å². The van der Waals surface area contributed by atoms with Crippen LogP contribution in [-0.2, 0) is 18.9 Å². The number of aryl methyl sites for hydroxylation is 1. The predicted molar refractivity (Wildman–Crippen MR) is 70.0 cm³/mol. The van der Waals surface area contributed by atoms with Crippen molar-refractivity contribution in [3.63, 3.8) is 0 Å². The average molecular weight is 296 g/mol. The molecule has 90 valence electrons. The van der Waals surface area contributed by atoms with E-state index in [1.165, 1.54) is 0 Å². The Hall–Kier alpha value is -1.43. The first-order valence-electron chi connectivity index (χ1n) is 5.24. The SMILES string of the molecule is CN(Cc1cnn(C)c1)c1ncc(CBr)cn1. The number of alkyl halides is 1. The highest BCUT2D eigenvalue weighted by Crippen LogP contribution is 2.10. The molecule has 0 bridgehead atoms. The number of hydrogen-bond acceptors (Lipinski definition) is 4. The second kappa shape index (κ2) is 5.27. The average Bonchev–Trinajstić information content (AvgIpc) is 2.75. The quantitative estimate of drug-likeness (QED) is 0.806. The van der Waals surface area contributed by atoms with Gasteiger partial charge in [-0.1, -0.05) is 15.9 Å². The fourth-order valence-corrected chi connectivity index (χ4v) is 1.80. The molecule has 17 heavy (non-hydrogen) atoms. The van der Waals surface area contributed by atoms with Crippen molar-refractivity contribution in [1.82, 2.24) is 19.7 Å². The zero-order chi connectivity index (χ0) is 12.3. The Morgan fingerprint density at radius 2 is 1.94 bits per heavy atom. The lowest BCUT2D eigenvalue weighted by Gasteiger charge is -2.15. The van der Waals surface area contributed by atoms with E-state index in [0.717, 1.165) is 29.0 Å². The summed E-state index contributed by atoms with van der Waals surface area (Å²) in [6.07, 6.45) is 7.50. The van der Waals surface area contributed by atoms with Crippen LogP contribution in [-0.4, -0.2) is 26.8 Å². The highest BCUT2D eigenvalue weighted by atomic mass is 79.9. The zero-order valence-corrected chi connectivity index (χ0v) is 11.4. The van der Waals surface area contributed by atoms with Crippen LogP contribution < -0.4 is 4.90 Å². The van der Waals surface area contributed by atoms with Crippen LogP contribution in [0, 0.1) is 0 Å². The molecule has 2 heterocycles. The van der Waals surface area contributed by atoms with Gasteiger partial charge < -0.3 is 4.90 Å². The molecule has 0 spiro atoms. The van der Waals surface area contributed by atoms with E-state index in [9.17, 15) is 0 Å². The second-order valence-corrected chi connectivity index (χ2v) is 4.46. The topological polar surface area (TPSA) is 46.8 Å². The molecule has 2 rings (SSSR count). The summed E-state index contributed by atoms with van der Waals surface area (Å²) in [5.41, 5.74) is 2.21. The summed E-state index contributed by atoms with van der Waals surface area (Å²) in [6, 6.07) is 0. The van der Waals surface area contributed by atoms with Crippen LogP contribution in [0.25, 0.3) is 0 Å². The maximum Gasteiger partial charge on any atom is 0.225 e. The van der Waals surface area contributed by atoms with Crippen molar-refractivity contribution in [3.05, 3.63) is 35.9 Å². The fourth-order valence-electron chi connectivity index (χ4n) is 1.51. The minimum Gasteiger partial charge on any atom is -0.339 e. The molecule has 0 saturated carbocycles.